The number of hydrogen-bond acceptors (Lipinski definition) is 4. The molecule has 2 heterocycles. The third kappa shape index (κ3) is 3.66. The standard InChI is InChI=1S/C17H15ClN2O2S/c18-13-1-3-14(4-2-13)22-15-5-8-20(9-6-15)17(21)16-12(11-19)7-10-23-16/h1-4,7,10,15H,5-6,8-9H2. The summed E-state index contributed by atoms with van der Waals surface area (Å²) in [4.78, 5) is 14.8. The molecule has 6 heteroatoms. The zero-order valence-electron chi connectivity index (χ0n) is 12.4. The first-order chi connectivity index (χ1) is 11.2. The van der Waals surface area contributed by atoms with Gasteiger partial charge in [-0.05, 0) is 35.7 Å². The molecule has 0 atom stereocenters. The van der Waals surface area contributed by atoms with Gasteiger partial charge < -0.3 is 9.64 Å². The van der Waals surface area contributed by atoms with Gasteiger partial charge in [-0.15, -0.1) is 11.3 Å². The summed E-state index contributed by atoms with van der Waals surface area (Å²) in [6, 6.07) is 11.1. The topological polar surface area (TPSA) is 53.3 Å². The first-order valence-electron chi connectivity index (χ1n) is 7.36. The molecule has 0 aliphatic carbocycles. The van der Waals surface area contributed by atoms with Crippen molar-refractivity contribution in [3.8, 4) is 11.8 Å². The van der Waals surface area contributed by atoms with Crippen LogP contribution in [-0.4, -0.2) is 30.0 Å². The van der Waals surface area contributed by atoms with Crippen molar-refractivity contribution in [2.45, 2.75) is 18.9 Å². The van der Waals surface area contributed by atoms with Gasteiger partial charge in [0.05, 0.1) is 5.56 Å². The summed E-state index contributed by atoms with van der Waals surface area (Å²) < 4.78 is 5.93. The van der Waals surface area contributed by atoms with Gasteiger partial charge in [0.25, 0.3) is 5.91 Å². The van der Waals surface area contributed by atoms with E-state index in [1.54, 1.807) is 28.5 Å². The highest BCUT2D eigenvalue weighted by molar-refractivity contribution is 7.12. The molecular weight excluding hydrogens is 332 g/mol. The van der Waals surface area contributed by atoms with Gasteiger partial charge in [0, 0.05) is 31.0 Å². The Balaban J connectivity index is 1.57. The molecular formula is C17H15ClN2O2S. The van der Waals surface area contributed by atoms with Crippen LogP contribution in [0.5, 0.6) is 5.75 Å². The number of likely N-dealkylation sites (tertiary alicyclic amines) is 1. The normalized spacial score (nSPS) is 15.2. The van der Waals surface area contributed by atoms with E-state index in [2.05, 4.69) is 6.07 Å². The van der Waals surface area contributed by atoms with Crippen molar-refractivity contribution in [2.24, 2.45) is 0 Å². The Bertz CT molecular complexity index is 728. The third-order valence-corrected chi connectivity index (χ3v) is 4.98. The molecule has 118 valence electrons. The number of carbonyl (C=O) groups is 1. The minimum absolute atomic E-state index is 0.0542. The number of piperidine rings is 1. The average Bonchev–Trinajstić information content (AvgIpc) is 3.06. The van der Waals surface area contributed by atoms with Gasteiger partial charge in [-0.2, -0.15) is 5.26 Å². The molecule has 0 N–H and O–H groups in total. The summed E-state index contributed by atoms with van der Waals surface area (Å²) in [5, 5.41) is 11.5. The van der Waals surface area contributed by atoms with Crippen molar-refractivity contribution < 1.29 is 9.53 Å². The molecule has 0 radical (unpaired) electrons. The van der Waals surface area contributed by atoms with Gasteiger partial charge in [0.15, 0.2) is 0 Å². The van der Waals surface area contributed by atoms with Gasteiger partial charge in [-0.3, -0.25) is 4.79 Å². The zero-order valence-corrected chi connectivity index (χ0v) is 13.9. The molecule has 1 aromatic heterocycles. The fraction of sp³-hybridized carbons (Fsp3) is 0.294. The number of halogens is 1. The zero-order chi connectivity index (χ0) is 16.2. The quantitative estimate of drug-likeness (QED) is 0.845. The Kier molecular flexibility index (Phi) is 4.85. The van der Waals surface area contributed by atoms with Crippen molar-refractivity contribution in [3.05, 3.63) is 51.2 Å². The Labute approximate surface area is 143 Å². The predicted octanol–water partition coefficient (Wildman–Crippen LogP) is 3.96. The van der Waals surface area contributed by atoms with Crippen LogP contribution in [0.25, 0.3) is 0 Å². The summed E-state index contributed by atoms with van der Waals surface area (Å²) in [6.45, 7) is 1.28. The maximum Gasteiger partial charge on any atom is 0.265 e. The summed E-state index contributed by atoms with van der Waals surface area (Å²) in [5.41, 5.74) is 0.458. The number of rotatable bonds is 3. The van der Waals surface area contributed by atoms with Crippen LogP contribution >= 0.6 is 22.9 Å². The van der Waals surface area contributed by atoms with Crippen LogP contribution in [-0.2, 0) is 0 Å². The molecule has 2 aromatic rings. The second kappa shape index (κ2) is 7.03. The van der Waals surface area contributed by atoms with E-state index in [0.717, 1.165) is 18.6 Å². The number of hydrogen-bond donors (Lipinski definition) is 0. The monoisotopic (exact) mass is 346 g/mol. The Morgan fingerprint density at radius 2 is 1.96 bits per heavy atom. The fourth-order valence-corrected chi connectivity index (χ4v) is 3.53. The molecule has 1 fully saturated rings. The number of nitriles is 1. The first-order valence-corrected chi connectivity index (χ1v) is 8.62. The lowest BCUT2D eigenvalue weighted by molar-refractivity contribution is 0.0600. The van der Waals surface area contributed by atoms with E-state index in [9.17, 15) is 4.79 Å². The molecule has 1 aromatic carbocycles. The summed E-state index contributed by atoms with van der Waals surface area (Å²) in [7, 11) is 0. The number of benzene rings is 1. The maximum atomic E-state index is 12.5. The highest BCUT2D eigenvalue weighted by atomic mass is 35.5. The van der Waals surface area contributed by atoms with Crippen LogP contribution in [0.3, 0.4) is 0 Å². The number of thiophene rings is 1. The van der Waals surface area contributed by atoms with Crippen LogP contribution in [0.1, 0.15) is 28.1 Å². The van der Waals surface area contributed by atoms with E-state index in [4.69, 9.17) is 21.6 Å². The van der Waals surface area contributed by atoms with E-state index in [-0.39, 0.29) is 12.0 Å². The molecule has 4 nitrogen and oxygen atoms in total. The smallest absolute Gasteiger partial charge is 0.265 e. The maximum absolute atomic E-state index is 12.5. The fourth-order valence-electron chi connectivity index (χ4n) is 2.59. The van der Waals surface area contributed by atoms with E-state index in [1.165, 1.54) is 11.3 Å². The van der Waals surface area contributed by atoms with Gasteiger partial charge in [-0.25, -0.2) is 0 Å². The number of nitrogens with zero attached hydrogens (tertiary/aromatic N) is 2. The minimum Gasteiger partial charge on any atom is -0.490 e. The van der Waals surface area contributed by atoms with Crippen LogP contribution in [0.2, 0.25) is 5.02 Å². The van der Waals surface area contributed by atoms with Crippen molar-refractivity contribution >= 4 is 28.8 Å². The highest BCUT2D eigenvalue weighted by Crippen LogP contribution is 2.24. The third-order valence-electron chi connectivity index (χ3n) is 3.83. The summed E-state index contributed by atoms with van der Waals surface area (Å²) in [5.74, 6) is 0.741. The van der Waals surface area contributed by atoms with Crippen LogP contribution in [0.15, 0.2) is 35.7 Å². The SMILES string of the molecule is N#Cc1ccsc1C(=O)N1CCC(Oc2ccc(Cl)cc2)CC1. The van der Waals surface area contributed by atoms with Gasteiger partial charge >= 0.3 is 0 Å². The van der Waals surface area contributed by atoms with Crippen molar-refractivity contribution in [2.75, 3.05) is 13.1 Å². The first kappa shape index (κ1) is 15.9. The van der Waals surface area contributed by atoms with Gasteiger partial charge in [-0.1, -0.05) is 11.6 Å². The number of carbonyl (C=O) groups excluding carboxylic acids is 1. The highest BCUT2D eigenvalue weighted by Gasteiger charge is 2.26. The number of amides is 1. The minimum atomic E-state index is -0.0542. The summed E-state index contributed by atoms with van der Waals surface area (Å²) >= 11 is 7.18. The molecule has 0 unspecified atom stereocenters. The van der Waals surface area contributed by atoms with Gasteiger partial charge in [0.1, 0.15) is 22.8 Å². The lowest BCUT2D eigenvalue weighted by atomic mass is 10.1. The Morgan fingerprint density at radius 1 is 1.26 bits per heavy atom. The lowest BCUT2D eigenvalue weighted by Crippen LogP contribution is -2.41. The predicted molar refractivity (Wildman–Crippen MR) is 90.0 cm³/mol. The van der Waals surface area contributed by atoms with Crippen molar-refractivity contribution in [1.29, 1.82) is 5.26 Å². The number of ether oxygens (including phenoxy) is 1. The second-order valence-corrected chi connectivity index (χ2v) is 6.69. The second-order valence-electron chi connectivity index (χ2n) is 5.34. The van der Waals surface area contributed by atoms with Gasteiger partial charge in [0.2, 0.25) is 0 Å². The average molecular weight is 347 g/mol. The van der Waals surface area contributed by atoms with E-state index in [1.807, 2.05) is 12.1 Å². The van der Waals surface area contributed by atoms with Crippen LogP contribution < -0.4 is 4.74 Å². The van der Waals surface area contributed by atoms with E-state index >= 15 is 0 Å². The molecule has 1 saturated heterocycles. The Hall–Kier alpha value is -2.03. The van der Waals surface area contributed by atoms with Crippen LogP contribution in [0, 0.1) is 11.3 Å². The molecule has 0 spiro atoms. The van der Waals surface area contributed by atoms with E-state index in [0.29, 0.717) is 28.6 Å². The molecule has 0 saturated carbocycles. The molecule has 0 bridgehead atoms. The molecule has 1 amide bonds. The van der Waals surface area contributed by atoms with Crippen molar-refractivity contribution in [3.63, 3.8) is 0 Å². The lowest BCUT2D eigenvalue weighted by Gasteiger charge is -2.32. The van der Waals surface area contributed by atoms with E-state index < -0.39 is 0 Å². The molecule has 1 aliphatic heterocycles. The molecule has 3 rings (SSSR count). The van der Waals surface area contributed by atoms with Crippen LogP contribution in [0.4, 0.5) is 0 Å². The molecule has 23 heavy (non-hydrogen) atoms. The van der Waals surface area contributed by atoms with Crippen molar-refractivity contribution in [1.82, 2.24) is 4.90 Å². The summed E-state index contributed by atoms with van der Waals surface area (Å²) in [6.07, 6.45) is 1.66. The Morgan fingerprint density at radius 3 is 2.61 bits per heavy atom. The largest absolute Gasteiger partial charge is 0.490 e. The molecule has 1 aliphatic rings.